The van der Waals surface area contributed by atoms with Gasteiger partial charge in [-0.2, -0.15) is 0 Å². The van der Waals surface area contributed by atoms with Crippen molar-refractivity contribution >= 4 is 45.6 Å². The highest BCUT2D eigenvalue weighted by molar-refractivity contribution is 7.16. The van der Waals surface area contributed by atoms with E-state index in [1.54, 1.807) is 18.3 Å². The number of likely N-dealkylation sites (N-methyl/N-ethyl adjacent to an activating group) is 1. The Hall–Kier alpha value is -3.11. The molecule has 37 heavy (non-hydrogen) atoms. The summed E-state index contributed by atoms with van der Waals surface area (Å²) in [5.41, 5.74) is 3.07. The maximum absolute atomic E-state index is 12.5. The van der Waals surface area contributed by atoms with Crippen molar-refractivity contribution in [1.82, 2.24) is 10.2 Å². The summed E-state index contributed by atoms with van der Waals surface area (Å²) < 4.78 is 11.3. The van der Waals surface area contributed by atoms with Gasteiger partial charge in [0.05, 0.1) is 56.8 Å². The number of amidine groups is 1. The molecule has 1 amide bonds. The molecule has 9 nitrogen and oxygen atoms in total. The van der Waals surface area contributed by atoms with E-state index in [-0.39, 0.29) is 19.3 Å². The molecule has 2 N–H and O–H groups in total. The van der Waals surface area contributed by atoms with Crippen LogP contribution in [0.15, 0.2) is 35.3 Å². The lowest BCUT2D eigenvalue weighted by Crippen LogP contribution is -2.59. The highest BCUT2D eigenvalue weighted by atomic mass is 32.1. The van der Waals surface area contributed by atoms with Crippen molar-refractivity contribution in [1.29, 1.82) is 0 Å². The normalized spacial score (nSPS) is 17.0. The van der Waals surface area contributed by atoms with Crippen LogP contribution in [0.2, 0.25) is 0 Å². The van der Waals surface area contributed by atoms with Gasteiger partial charge in [0, 0.05) is 4.88 Å². The third-order valence-corrected chi connectivity index (χ3v) is 7.64. The Morgan fingerprint density at radius 3 is 2.65 bits per heavy atom. The second-order valence-corrected chi connectivity index (χ2v) is 11.6. The Bertz CT molecular complexity index is 1150. The molecule has 2 aliphatic rings. The zero-order valence-corrected chi connectivity index (χ0v) is 23.2. The first-order chi connectivity index (χ1) is 17.7. The Kier molecular flexibility index (Phi) is 8.39. The summed E-state index contributed by atoms with van der Waals surface area (Å²) in [6, 6.07) is 9.61. The number of esters is 1. The SMILES string of the molecule is CCOC(=O)[C@H](CC(C)C)NC(=O)OC[N+]1(C)CCN(C2=Nc3ccccc3Nc3sc(C)cc32)CC1. The number of anilines is 2. The van der Waals surface area contributed by atoms with E-state index in [0.717, 1.165) is 54.0 Å². The molecule has 0 bridgehead atoms. The van der Waals surface area contributed by atoms with E-state index >= 15 is 0 Å². The molecule has 4 rings (SSSR count). The first-order valence-electron chi connectivity index (χ1n) is 12.9. The van der Waals surface area contributed by atoms with Crippen molar-refractivity contribution in [2.24, 2.45) is 10.9 Å². The number of nitrogens with zero attached hydrogens (tertiary/aromatic N) is 3. The first kappa shape index (κ1) is 26.9. The first-order valence-corrected chi connectivity index (χ1v) is 13.7. The van der Waals surface area contributed by atoms with Crippen LogP contribution in [0.1, 0.15) is 37.6 Å². The van der Waals surface area contributed by atoms with E-state index in [9.17, 15) is 9.59 Å². The van der Waals surface area contributed by atoms with Gasteiger partial charge in [0.25, 0.3) is 0 Å². The van der Waals surface area contributed by atoms with Crippen LogP contribution >= 0.6 is 11.3 Å². The van der Waals surface area contributed by atoms with Gasteiger partial charge in [0.1, 0.15) is 16.9 Å². The van der Waals surface area contributed by atoms with E-state index in [0.29, 0.717) is 10.9 Å². The van der Waals surface area contributed by atoms with Crippen molar-refractivity contribution in [2.45, 2.75) is 40.2 Å². The van der Waals surface area contributed by atoms with E-state index in [1.807, 2.05) is 32.0 Å². The second kappa shape index (κ2) is 11.5. The van der Waals surface area contributed by atoms with Crippen molar-refractivity contribution in [2.75, 3.05) is 51.9 Å². The van der Waals surface area contributed by atoms with Gasteiger partial charge in [0.15, 0.2) is 0 Å². The van der Waals surface area contributed by atoms with Crippen molar-refractivity contribution in [3.05, 3.63) is 40.8 Å². The van der Waals surface area contributed by atoms with Crippen LogP contribution < -0.4 is 10.6 Å². The quantitative estimate of drug-likeness (QED) is 0.403. The highest BCUT2D eigenvalue weighted by Crippen LogP contribution is 2.39. The zero-order valence-electron chi connectivity index (χ0n) is 22.4. The summed E-state index contributed by atoms with van der Waals surface area (Å²) in [5.74, 6) is 0.784. The molecule has 2 aromatic rings. The molecule has 0 spiro atoms. The molecule has 3 heterocycles. The van der Waals surface area contributed by atoms with E-state index < -0.39 is 18.1 Å². The number of ether oxygens (including phenoxy) is 2. The molecule has 1 saturated heterocycles. The van der Waals surface area contributed by atoms with Crippen LogP contribution in [0.25, 0.3) is 0 Å². The monoisotopic (exact) mass is 528 g/mol. The van der Waals surface area contributed by atoms with Crippen molar-refractivity contribution < 1.29 is 23.5 Å². The number of hydrogen-bond donors (Lipinski definition) is 2. The lowest BCUT2D eigenvalue weighted by Gasteiger charge is -2.42. The van der Waals surface area contributed by atoms with Gasteiger partial charge in [-0.25, -0.2) is 14.6 Å². The van der Waals surface area contributed by atoms with Gasteiger partial charge < -0.3 is 25.0 Å². The lowest BCUT2D eigenvalue weighted by molar-refractivity contribution is -0.928. The number of aryl methyl sites for hydroxylation is 1. The lowest BCUT2D eigenvalue weighted by atomic mass is 10.0. The Labute approximate surface area is 223 Å². The Balaban J connectivity index is 1.38. The fourth-order valence-corrected chi connectivity index (χ4v) is 5.52. The summed E-state index contributed by atoms with van der Waals surface area (Å²) in [5, 5.41) is 7.37. The predicted molar refractivity (Wildman–Crippen MR) is 147 cm³/mol. The van der Waals surface area contributed by atoms with Crippen molar-refractivity contribution in [3.8, 4) is 0 Å². The standard InChI is InChI=1S/C27H37N5O4S/c1-6-35-26(33)23(15-18(2)3)30-27(34)36-17-32(5)13-11-31(12-14-32)24-20-16-19(4)37-25(20)29-22-10-8-7-9-21(22)28-24/h7-10,16,18,23H,6,11-15,17H2,1-5H3,(H-,28,29,30,34)/p+1/t23-/m0/s1. The van der Waals surface area contributed by atoms with E-state index in [2.05, 4.69) is 41.6 Å². The molecule has 1 atom stereocenters. The van der Waals surface area contributed by atoms with Crippen LogP contribution in [0.3, 0.4) is 0 Å². The Morgan fingerprint density at radius 1 is 1.22 bits per heavy atom. The number of benzene rings is 1. The van der Waals surface area contributed by atoms with E-state index in [1.165, 1.54) is 4.88 Å². The number of piperazine rings is 1. The number of amides is 1. The second-order valence-electron chi connectivity index (χ2n) is 10.4. The predicted octanol–water partition coefficient (Wildman–Crippen LogP) is 4.62. The number of quaternary nitrogens is 1. The largest absolute Gasteiger partial charge is 0.464 e. The molecule has 0 saturated carbocycles. The topological polar surface area (TPSA) is 92.3 Å². The third-order valence-electron chi connectivity index (χ3n) is 6.67. The number of hydrogen-bond acceptors (Lipinski definition) is 8. The molecule has 1 aromatic carbocycles. The van der Waals surface area contributed by atoms with Crippen LogP contribution in [-0.4, -0.2) is 79.9 Å². The molecule has 2 aliphatic heterocycles. The molecule has 0 radical (unpaired) electrons. The summed E-state index contributed by atoms with van der Waals surface area (Å²) in [6.45, 7) is 11.5. The molecular weight excluding hydrogens is 490 g/mol. The number of para-hydroxylation sites is 2. The Morgan fingerprint density at radius 2 is 1.95 bits per heavy atom. The van der Waals surface area contributed by atoms with Crippen LogP contribution in [-0.2, 0) is 14.3 Å². The zero-order chi connectivity index (χ0) is 26.6. The number of carbonyl (C=O) groups is 2. The molecule has 0 unspecified atom stereocenters. The van der Waals surface area contributed by atoms with Gasteiger partial charge in [-0.1, -0.05) is 26.0 Å². The number of carbonyl (C=O) groups excluding carboxylic acids is 2. The van der Waals surface area contributed by atoms with Gasteiger partial charge in [-0.15, -0.1) is 11.3 Å². The molecule has 1 fully saturated rings. The minimum absolute atomic E-state index is 0.230. The smallest absolute Gasteiger partial charge is 0.412 e. The molecule has 200 valence electrons. The molecule has 10 heteroatoms. The van der Waals surface area contributed by atoms with Crippen LogP contribution in [0.5, 0.6) is 0 Å². The molecule has 1 aromatic heterocycles. The average Bonchev–Trinajstić information content (AvgIpc) is 3.14. The average molecular weight is 529 g/mol. The number of thiophene rings is 1. The number of nitrogens with one attached hydrogen (secondary N) is 2. The fraction of sp³-hybridized carbons (Fsp3) is 0.519. The van der Waals surface area contributed by atoms with Crippen molar-refractivity contribution in [3.63, 3.8) is 0 Å². The fourth-order valence-electron chi connectivity index (χ4n) is 4.60. The van der Waals surface area contributed by atoms with Crippen LogP contribution in [0.4, 0.5) is 21.2 Å². The number of fused-ring (bicyclic) bond motifs is 2. The van der Waals surface area contributed by atoms with Gasteiger partial charge in [0.2, 0.25) is 6.73 Å². The number of aliphatic imine (C=N–C) groups is 1. The maximum atomic E-state index is 12.5. The highest BCUT2D eigenvalue weighted by Gasteiger charge is 2.34. The van der Waals surface area contributed by atoms with Gasteiger partial charge in [-0.3, -0.25) is 4.48 Å². The third kappa shape index (κ3) is 6.61. The maximum Gasteiger partial charge on any atom is 0.412 e. The minimum Gasteiger partial charge on any atom is -0.464 e. The summed E-state index contributed by atoms with van der Waals surface area (Å²) in [7, 11) is 2.09. The van der Waals surface area contributed by atoms with E-state index in [4.69, 9.17) is 14.5 Å². The van der Waals surface area contributed by atoms with Crippen LogP contribution in [0, 0.1) is 12.8 Å². The summed E-state index contributed by atoms with van der Waals surface area (Å²) in [6.07, 6.45) is -0.0891. The van der Waals surface area contributed by atoms with Gasteiger partial charge in [-0.05, 0) is 44.4 Å². The number of alkyl carbamates (subject to hydrolysis) is 1. The molecule has 0 aliphatic carbocycles. The summed E-state index contributed by atoms with van der Waals surface area (Å²) in [4.78, 5) is 33.4. The molecular formula is C27H38N5O4S+. The summed E-state index contributed by atoms with van der Waals surface area (Å²) >= 11 is 1.74. The minimum atomic E-state index is -0.706. The van der Waals surface area contributed by atoms with Gasteiger partial charge >= 0.3 is 12.1 Å². The number of rotatable bonds is 7.